The molecule has 0 radical (unpaired) electrons. The summed E-state index contributed by atoms with van der Waals surface area (Å²) in [7, 11) is 1.64. The highest BCUT2D eigenvalue weighted by Crippen LogP contribution is 2.40. The average molecular weight is 428 g/mol. The number of rotatable bonds is 4. The summed E-state index contributed by atoms with van der Waals surface area (Å²) in [5.74, 6) is 0.817. The molecule has 1 aliphatic carbocycles. The van der Waals surface area contributed by atoms with Gasteiger partial charge in [-0.3, -0.25) is 4.79 Å². The molecule has 7 heteroatoms. The topological polar surface area (TPSA) is 89.6 Å². The van der Waals surface area contributed by atoms with Crippen molar-refractivity contribution in [3.63, 3.8) is 0 Å². The normalized spacial score (nSPS) is 15.9. The maximum absolute atomic E-state index is 13.0. The van der Waals surface area contributed by atoms with E-state index in [1.165, 1.54) is 0 Å². The first-order chi connectivity index (χ1) is 15.5. The Morgan fingerprint density at radius 3 is 2.56 bits per heavy atom. The van der Waals surface area contributed by atoms with E-state index in [-0.39, 0.29) is 29.8 Å². The van der Waals surface area contributed by atoms with Gasteiger partial charge < -0.3 is 9.84 Å². The minimum absolute atomic E-state index is 0.0886. The predicted molar refractivity (Wildman–Crippen MR) is 120 cm³/mol. The monoisotopic (exact) mass is 428 g/mol. The zero-order valence-corrected chi connectivity index (χ0v) is 18.2. The summed E-state index contributed by atoms with van der Waals surface area (Å²) >= 11 is 0. The van der Waals surface area contributed by atoms with E-state index in [0.29, 0.717) is 17.8 Å². The van der Waals surface area contributed by atoms with Gasteiger partial charge in [0.25, 0.3) is 0 Å². The first-order valence-electron chi connectivity index (χ1n) is 10.7. The lowest BCUT2D eigenvalue weighted by molar-refractivity contribution is 0.0955. The van der Waals surface area contributed by atoms with Crippen molar-refractivity contribution in [2.24, 2.45) is 0 Å². The van der Waals surface area contributed by atoms with Crippen LogP contribution in [-0.2, 0) is 6.42 Å². The number of phenols is 1. The first kappa shape index (κ1) is 20.2. The van der Waals surface area contributed by atoms with Crippen LogP contribution in [0.5, 0.6) is 11.5 Å². The van der Waals surface area contributed by atoms with Crippen LogP contribution in [0, 0.1) is 0 Å². The van der Waals surface area contributed by atoms with E-state index < -0.39 is 0 Å². The lowest BCUT2D eigenvalue weighted by atomic mass is 9.83. The van der Waals surface area contributed by atoms with Crippen molar-refractivity contribution in [1.82, 2.24) is 19.8 Å². The summed E-state index contributed by atoms with van der Waals surface area (Å²) in [5.41, 5.74) is 5.07. The number of ether oxygens (including phenoxy) is 1. The first-order valence-corrected chi connectivity index (χ1v) is 10.7. The van der Waals surface area contributed by atoms with Crippen molar-refractivity contribution < 1.29 is 14.6 Å². The zero-order valence-electron chi connectivity index (χ0n) is 18.2. The molecular weight excluding hydrogens is 404 g/mol. The molecular formula is C25H24N4O3. The molecule has 5 rings (SSSR count). The summed E-state index contributed by atoms with van der Waals surface area (Å²) in [5, 5.41) is 24.0. The number of hydrogen-bond acceptors (Lipinski definition) is 6. The van der Waals surface area contributed by atoms with Crippen molar-refractivity contribution in [1.29, 1.82) is 0 Å². The molecule has 1 unspecified atom stereocenters. The molecule has 1 atom stereocenters. The van der Waals surface area contributed by atoms with Gasteiger partial charge in [-0.25, -0.2) is 4.52 Å². The lowest BCUT2D eigenvalue weighted by Gasteiger charge is -2.23. The molecule has 0 saturated heterocycles. The molecule has 4 aromatic rings. The van der Waals surface area contributed by atoms with Crippen molar-refractivity contribution in [2.45, 2.75) is 38.5 Å². The third-order valence-corrected chi connectivity index (χ3v) is 6.10. The molecule has 162 valence electrons. The van der Waals surface area contributed by atoms with Gasteiger partial charge in [0.15, 0.2) is 17.1 Å². The summed E-state index contributed by atoms with van der Waals surface area (Å²) in [6.45, 7) is 4.16. The molecule has 0 fully saturated rings. The van der Waals surface area contributed by atoms with Crippen LogP contribution in [0.3, 0.4) is 0 Å². The molecule has 0 spiro atoms. The van der Waals surface area contributed by atoms with Crippen molar-refractivity contribution in [3.05, 3.63) is 71.2 Å². The number of carbonyl (C=O) groups excluding carboxylic acids is 1. The lowest BCUT2D eigenvalue weighted by Crippen LogP contribution is -2.24. The number of Topliss-reactive ketones (excluding diaryl/α,β-unsaturated/α-hetero) is 1. The number of para-hydroxylation sites is 2. The molecule has 0 bridgehead atoms. The molecule has 7 nitrogen and oxygen atoms in total. The number of benzene rings is 2. The second kappa shape index (κ2) is 7.75. The van der Waals surface area contributed by atoms with Crippen molar-refractivity contribution in [3.8, 4) is 22.6 Å². The van der Waals surface area contributed by atoms with Crippen LogP contribution >= 0.6 is 0 Å². The second-order valence-corrected chi connectivity index (χ2v) is 8.43. The number of methoxy groups -OCH3 is 1. The SMILES string of the molecule is COc1ccccc1-c1c(C(C)C)nn2c3c(nnc12)C(=O)CC(c1ccccc1O)C3. The fourth-order valence-corrected chi connectivity index (χ4v) is 4.55. The largest absolute Gasteiger partial charge is 0.508 e. The van der Waals surface area contributed by atoms with Crippen molar-refractivity contribution in [2.75, 3.05) is 7.11 Å². The van der Waals surface area contributed by atoms with Gasteiger partial charge in [0.05, 0.1) is 24.1 Å². The van der Waals surface area contributed by atoms with Gasteiger partial charge in [-0.2, -0.15) is 5.10 Å². The van der Waals surface area contributed by atoms with Gasteiger partial charge in [0.1, 0.15) is 11.5 Å². The van der Waals surface area contributed by atoms with Crippen LogP contribution < -0.4 is 4.74 Å². The van der Waals surface area contributed by atoms with Gasteiger partial charge in [0.2, 0.25) is 0 Å². The van der Waals surface area contributed by atoms with Gasteiger partial charge >= 0.3 is 0 Å². The Kier molecular flexibility index (Phi) is 4.89. The molecule has 0 aliphatic heterocycles. The van der Waals surface area contributed by atoms with E-state index in [0.717, 1.165) is 33.8 Å². The van der Waals surface area contributed by atoms with Gasteiger partial charge in [0, 0.05) is 17.9 Å². The Labute approximate surface area is 185 Å². The van der Waals surface area contributed by atoms with E-state index in [9.17, 15) is 9.90 Å². The van der Waals surface area contributed by atoms with Crippen LogP contribution in [-0.4, -0.2) is 37.8 Å². The van der Waals surface area contributed by atoms with Gasteiger partial charge in [-0.15, -0.1) is 10.2 Å². The Hall–Kier alpha value is -3.74. The molecule has 1 N–H and O–H groups in total. The van der Waals surface area contributed by atoms with Gasteiger partial charge in [-0.05, 0) is 30.0 Å². The van der Waals surface area contributed by atoms with Crippen LogP contribution in [0.4, 0.5) is 0 Å². The minimum atomic E-state index is -0.148. The maximum Gasteiger partial charge on any atom is 0.185 e. The Morgan fingerprint density at radius 2 is 1.81 bits per heavy atom. The highest BCUT2D eigenvalue weighted by atomic mass is 16.5. The highest BCUT2D eigenvalue weighted by Gasteiger charge is 2.33. The number of ketones is 1. The number of phenolic OH excluding ortho intramolecular Hbond substituents is 1. The smallest absolute Gasteiger partial charge is 0.185 e. The van der Waals surface area contributed by atoms with E-state index in [1.54, 1.807) is 23.8 Å². The third kappa shape index (κ3) is 3.12. The molecule has 32 heavy (non-hydrogen) atoms. The number of nitrogens with zero attached hydrogens (tertiary/aromatic N) is 4. The average Bonchev–Trinajstić information content (AvgIpc) is 3.19. The summed E-state index contributed by atoms with van der Waals surface area (Å²) in [6, 6.07) is 14.9. The van der Waals surface area contributed by atoms with E-state index in [4.69, 9.17) is 9.84 Å². The fourth-order valence-electron chi connectivity index (χ4n) is 4.55. The molecule has 1 aliphatic rings. The van der Waals surface area contributed by atoms with Crippen LogP contribution in [0.1, 0.15) is 59.5 Å². The number of fused-ring (bicyclic) bond motifs is 3. The molecule has 2 aromatic heterocycles. The second-order valence-electron chi connectivity index (χ2n) is 8.43. The van der Waals surface area contributed by atoms with Crippen LogP contribution in [0.2, 0.25) is 0 Å². The van der Waals surface area contributed by atoms with Gasteiger partial charge in [-0.1, -0.05) is 50.2 Å². The summed E-state index contributed by atoms with van der Waals surface area (Å²) < 4.78 is 7.37. The number of hydrogen-bond donors (Lipinski definition) is 1. The highest BCUT2D eigenvalue weighted by molar-refractivity contribution is 5.97. The quantitative estimate of drug-likeness (QED) is 0.513. The maximum atomic E-state index is 13.0. The molecule has 2 heterocycles. The predicted octanol–water partition coefficient (Wildman–Crippen LogP) is 4.54. The standard InChI is InChI=1S/C25H24N4O3/c1-14(2)23-22(17-9-5-7-11-21(17)32-3)25-27-26-24-18(29(25)28-23)12-15(13-20(24)31)16-8-4-6-10-19(16)30/h4-11,14-15,30H,12-13H2,1-3H3. The summed E-state index contributed by atoms with van der Waals surface area (Å²) in [6.07, 6.45) is 0.817. The number of aromatic hydroxyl groups is 1. The fraction of sp³-hybridized carbons (Fsp3) is 0.280. The number of carbonyl (C=O) groups is 1. The van der Waals surface area contributed by atoms with Crippen LogP contribution in [0.25, 0.3) is 16.8 Å². The molecule has 0 saturated carbocycles. The summed E-state index contributed by atoms with van der Waals surface area (Å²) in [4.78, 5) is 13.0. The van der Waals surface area contributed by atoms with E-state index in [1.807, 2.05) is 36.4 Å². The number of aromatic nitrogens is 4. The zero-order chi connectivity index (χ0) is 22.4. The third-order valence-electron chi connectivity index (χ3n) is 6.10. The molecule has 0 amide bonds. The van der Waals surface area contributed by atoms with E-state index in [2.05, 4.69) is 24.0 Å². The van der Waals surface area contributed by atoms with Crippen molar-refractivity contribution >= 4 is 11.4 Å². The Bertz CT molecular complexity index is 1340. The van der Waals surface area contributed by atoms with E-state index >= 15 is 0 Å². The van der Waals surface area contributed by atoms with Crippen LogP contribution in [0.15, 0.2) is 48.5 Å². The Balaban J connectivity index is 1.74. The Morgan fingerprint density at radius 1 is 1.06 bits per heavy atom. The molecule has 2 aromatic carbocycles. The minimum Gasteiger partial charge on any atom is -0.508 e.